The highest BCUT2D eigenvalue weighted by molar-refractivity contribution is 8.00. The summed E-state index contributed by atoms with van der Waals surface area (Å²) >= 11 is 2.01. The van der Waals surface area contributed by atoms with Crippen LogP contribution in [0.15, 0.2) is 70.5 Å². The lowest BCUT2D eigenvalue weighted by Crippen LogP contribution is -2.36. The van der Waals surface area contributed by atoms with E-state index in [0.29, 0.717) is 32.7 Å². The Bertz CT molecular complexity index is 1830. The van der Waals surface area contributed by atoms with Crippen LogP contribution in [0.4, 0.5) is 5.69 Å². The number of hydrogen-bond acceptors (Lipinski definition) is 9. The summed E-state index contributed by atoms with van der Waals surface area (Å²) in [6.07, 6.45) is 0. The number of anilines is 1. The van der Waals surface area contributed by atoms with Gasteiger partial charge in [0.2, 0.25) is 11.8 Å². The number of aromatic nitrogens is 1. The minimum Gasteiger partial charge on any atom is -0.490 e. The van der Waals surface area contributed by atoms with E-state index in [1.54, 1.807) is 25.1 Å². The Morgan fingerprint density at radius 1 is 1.00 bits per heavy atom. The predicted octanol–water partition coefficient (Wildman–Crippen LogP) is 3.68. The highest BCUT2D eigenvalue weighted by atomic mass is 32.2. The molecule has 0 bridgehead atoms. The van der Waals surface area contributed by atoms with Gasteiger partial charge in [-0.1, -0.05) is 65.6 Å². The number of amides is 3. The average Bonchev–Trinajstić information content (AvgIpc) is 3.47. The molecule has 13 heteroatoms. The highest BCUT2D eigenvalue weighted by Crippen LogP contribution is 2.53. The number of hydrogen-bond donors (Lipinski definition) is 3. The van der Waals surface area contributed by atoms with E-state index < -0.39 is 41.4 Å². The first-order valence-electron chi connectivity index (χ1n) is 13.4. The SMILES string of the molecule is CCOc1cc([C@H]2c3sc(=O)[nH]c3SC3C(=O)N(CC(=O)O)C(=O)C32)ccc1OCC(=O)Nc1cccc2ccccc12. The van der Waals surface area contributed by atoms with E-state index in [-0.39, 0.29) is 24.0 Å². The van der Waals surface area contributed by atoms with Crippen molar-refractivity contribution in [3.63, 3.8) is 0 Å². The van der Waals surface area contributed by atoms with E-state index in [2.05, 4.69) is 10.3 Å². The van der Waals surface area contributed by atoms with Crippen molar-refractivity contribution in [1.29, 1.82) is 0 Å². The summed E-state index contributed by atoms with van der Waals surface area (Å²) in [6.45, 7) is 1.03. The van der Waals surface area contributed by atoms with E-state index in [1.807, 2.05) is 42.5 Å². The number of nitrogens with zero attached hydrogens (tertiary/aromatic N) is 1. The van der Waals surface area contributed by atoms with Crippen molar-refractivity contribution in [2.24, 2.45) is 5.92 Å². The highest BCUT2D eigenvalue weighted by Gasteiger charge is 2.56. The summed E-state index contributed by atoms with van der Waals surface area (Å²) in [5.74, 6) is -3.88. The third kappa shape index (κ3) is 5.37. The second-order valence-corrected chi connectivity index (χ2v) is 12.1. The Morgan fingerprint density at radius 3 is 2.58 bits per heavy atom. The summed E-state index contributed by atoms with van der Waals surface area (Å²) in [4.78, 5) is 66.8. The number of carbonyl (C=O) groups is 4. The number of ether oxygens (including phenoxy) is 2. The van der Waals surface area contributed by atoms with Gasteiger partial charge in [0.05, 0.1) is 17.6 Å². The molecule has 2 aliphatic heterocycles. The van der Waals surface area contributed by atoms with Crippen LogP contribution in [0.1, 0.15) is 23.3 Å². The lowest BCUT2D eigenvalue weighted by Gasteiger charge is -2.30. The van der Waals surface area contributed by atoms with E-state index in [0.717, 1.165) is 38.8 Å². The molecule has 6 rings (SSSR count). The summed E-state index contributed by atoms with van der Waals surface area (Å²) in [7, 11) is 0. The second kappa shape index (κ2) is 11.6. The van der Waals surface area contributed by atoms with Crippen LogP contribution in [0.25, 0.3) is 10.8 Å². The molecule has 0 saturated carbocycles. The molecule has 1 aromatic heterocycles. The lowest BCUT2D eigenvalue weighted by molar-refractivity contribution is -0.149. The minimum absolute atomic E-state index is 0.279. The fourth-order valence-electron chi connectivity index (χ4n) is 5.49. The molecule has 43 heavy (non-hydrogen) atoms. The van der Waals surface area contributed by atoms with Gasteiger partial charge in [0.15, 0.2) is 18.1 Å². The third-order valence-corrected chi connectivity index (χ3v) is 9.66. The number of carbonyl (C=O) groups excluding carboxylic acids is 3. The number of carboxylic acid groups (broad SMARTS) is 1. The molecule has 0 radical (unpaired) electrons. The standard InChI is InChI=1S/C30H25N3O8S2/c1-2-40-20-12-16(10-11-19(20)41-14-21(34)31-18-9-5-7-15-6-3-4-8-17(15)18)23-24-26(42-27-25(23)43-30(39)32-27)29(38)33(28(24)37)13-22(35)36/h3-12,23-24,26H,2,13-14H2,1H3,(H,31,34)(H,32,39)(H,35,36)/t23-,24?,26?/m1/s1. The topological polar surface area (TPSA) is 155 Å². The summed E-state index contributed by atoms with van der Waals surface area (Å²) in [5, 5.41) is 13.6. The smallest absolute Gasteiger partial charge is 0.323 e. The van der Waals surface area contributed by atoms with Gasteiger partial charge in [-0.05, 0) is 36.1 Å². The fraction of sp³-hybridized carbons (Fsp3) is 0.233. The Hall–Kier alpha value is -4.62. The molecule has 1 fully saturated rings. The molecular weight excluding hydrogens is 594 g/mol. The van der Waals surface area contributed by atoms with Gasteiger partial charge in [0, 0.05) is 21.9 Å². The number of imide groups is 1. The fourth-order valence-corrected chi connectivity index (χ4v) is 8.03. The first kappa shape index (κ1) is 28.5. The number of H-pyrrole nitrogens is 1. The first-order chi connectivity index (χ1) is 20.7. The lowest BCUT2D eigenvalue weighted by atomic mass is 9.83. The number of nitrogens with one attached hydrogen (secondary N) is 2. The van der Waals surface area contributed by atoms with Gasteiger partial charge in [-0.2, -0.15) is 0 Å². The molecular formula is C30H25N3O8S2. The van der Waals surface area contributed by atoms with Crippen molar-refractivity contribution in [1.82, 2.24) is 9.88 Å². The predicted molar refractivity (Wildman–Crippen MR) is 160 cm³/mol. The monoisotopic (exact) mass is 619 g/mol. The zero-order valence-corrected chi connectivity index (χ0v) is 24.3. The summed E-state index contributed by atoms with van der Waals surface area (Å²) in [5.41, 5.74) is 1.24. The molecule has 1 saturated heterocycles. The maximum absolute atomic E-state index is 13.4. The number of thioether (sulfide) groups is 1. The zero-order chi connectivity index (χ0) is 30.2. The number of thiazole rings is 1. The Labute approximate surface area is 252 Å². The number of carboxylic acids is 1. The third-order valence-electron chi connectivity index (χ3n) is 7.26. The molecule has 220 valence electrons. The molecule has 11 nitrogen and oxygen atoms in total. The molecule has 2 aliphatic rings. The summed E-state index contributed by atoms with van der Waals surface area (Å²) in [6, 6.07) is 18.3. The van der Waals surface area contributed by atoms with Crippen LogP contribution in [0.5, 0.6) is 11.5 Å². The maximum Gasteiger partial charge on any atom is 0.323 e. The number of aliphatic carboxylic acids is 1. The first-order valence-corrected chi connectivity index (χ1v) is 15.1. The molecule has 3 atom stereocenters. The van der Waals surface area contributed by atoms with Crippen molar-refractivity contribution >= 4 is 63.2 Å². The van der Waals surface area contributed by atoms with Gasteiger partial charge in [0.25, 0.3) is 5.91 Å². The Balaban J connectivity index is 1.28. The number of aromatic amines is 1. The van der Waals surface area contributed by atoms with Crippen molar-refractivity contribution in [2.75, 3.05) is 25.1 Å². The summed E-state index contributed by atoms with van der Waals surface area (Å²) < 4.78 is 11.7. The number of fused-ring (bicyclic) bond motifs is 3. The number of benzene rings is 3. The van der Waals surface area contributed by atoms with E-state index in [4.69, 9.17) is 9.47 Å². The molecule has 0 aliphatic carbocycles. The maximum atomic E-state index is 13.4. The zero-order valence-electron chi connectivity index (χ0n) is 22.7. The average molecular weight is 620 g/mol. The van der Waals surface area contributed by atoms with Gasteiger partial charge < -0.3 is 24.9 Å². The van der Waals surface area contributed by atoms with Crippen LogP contribution in [-0.4, -0.2) is 63.7 Å². The molecule has 3 heterocycles. The number of likely N-dealkylation sites (tertiary alicyclic amines) is 1. The Kier molecular flexibility index (Phi) is 7.67. The van der Waals surface area contributed by atoms with Crippen LogP contribution in [0.2, 0.25) is 0 Å². The molecule has 3 N–H and O–H groups in total. The van der Waals surface area contributed by atoms with Gasteiger partial charge in [-0.3, -0.25) is 28.9 Å². The molecule has 2 unspecified atom stereocenters. The van der Waals surface area contributed by atoms with Gasteiger partial charge >= 0.3 is 10.8 Å². The molecule has 4 aromatic rings. The van der Waals surface area contributed by atoms with Crippen LogP contribution < -0.4 is 19.7 Å². The van der Waals surface area contributed by atoms with E-state index in [1.165, 1.54) is 0 Å². The van der Waals surface area contributed by atoms with Crippen molar-refractivity contribution in [3.05, 3.63) is 80.8 Å². The van der Waals surface area contributed by atoms with E-state index in [9.17, 15) is 29.1 Å². The largest absolute Gasteiger partial charge is 0.490 e. The normalized spacial score (nSPS) is 19.2. The molecule has 3 aromatic carbocycles. The minimum atomic E-state index is -1.30. The van der Waals surface area contributed by atoms with Gasteiger partial charge in [-0.25, -0.2) is 0 Å². The van der Waals surface area contributed by atoms with Crippen LogP contribution in [-0.2, 0) is 19.2 Å². The van der Waals surface area contributed by atoms with Crippen LogP contribution in [0, 0.1) is 5.92 Å². The second-order valence-electron chi connectivity index (χ2n) is 9.91. The van der Waals surface area contributed by atoms with Gasteiger partial charge in [-0.15, -0.1) is 0 Å². The van der Waals surface area contributed by atoms with Crippen LogP contribution in [0.3, 0.4) is 0 Å². The Morgan fingerprint density at radius 2 is 1.79 bits per heavy atom. The van der Waals surface area contributed by atoms with Crippen LogP contribution >= 0.6 is 23.1 Å². The van der Waals surface area contributed by atoms with Gasteiger partial charge in [0.1, 0.15) is 11.8 Å². The van der Waals surface area contributed by atoms with E-state index >= 15 is 0 Å². The van der Waals surface area contributed by atoms with Crippen molar-refractivity contribution in [3.8, 4) is 11.5 Å². The van der Waals surface area contributed by atoms with Crippen molar-refractivity contribution in [2.45, 2.75) is 23.1 Å². The quantitative estimate of drug-likeness (QED) is 0.238. The molecule has 3 amide bonds. The van der Waals surface area contributed by atoms with Crippen molar-refractivity contribution < 1.29 is 33.8 Å². The molecule has 0 spiro atoms. The number of rotatable bonds is 9.